The Morgan fingerprint density at radius 2 is 2.25 bits per heavy atom. The van der Waals surface area contributed by atoms with E-state index in [1.165, 1.54) is 16.7 Å². The molecule has 0 saturated carbocycles. The van der Waals surface area contributed by atoms with Crippen molar-refractivity contribution >= 4 is 17.2 Å². The summed E-state index contributed by atoms with van der Waals surface area (Å²) in [4.78, 5) is 13.2. The van der Waals surface area contributed by atoms with Crippen LogP contribution in [0.3, 0.4) is 0 Å². The molecule has 0 spiro atoms. The van der Waals surface area contributed by atoms with Gasteiger partial charge in [0.25, 0.3) is 0 Å². The van der Waals surface area contributed by atoms with E-state index < -0.39 is 0 Å². The van der Waals surface area contributed by atoms with Gasteiger partial charge in [-0.2, -0.15) is 0 Å². The van der Waals surface area contributed by atoms with Crippen LogP contribution in [0.4, 0.5) is 0 Å². The van der Waals surface area contributed by atoms with E-state index in [-0.39, 0.29) is 11.9 Å². The number of rotatable bonds is 2. The van der Waals surface area contributed by atoms with Gasteiger partial charge in [-0.1, -0.05) is 0 Å². The molecule has 66 valence electrons. The normalized spacial score (nSPS) is 12.6. The zero-order valence-electron chi connectivity index (χ0n) is 7.55. The second kappa shape index (κ2) is 3.72. The third-order valence-electron chi connectivity index (χ3n) is 1.61. The maximum Gasteiger partial charge on any atom is 0.217 e. The first-order valence-electron chi connectivity index (χ1n) is 3.93. The zero-order valence-corrected chi connectivity index (χ0v) is 8.37. The quantitative estimate of drug-likeness (QED) is 0.748. The van der Waals surface area contributed by atoms with Crippen molar-refractivity contribution in [2.75, 3.05) is 0 Å². The van der Waals surface area contributed by atoms with E-state index in [2.05, 4.69) is 24.4 Å². The molecule has 12 heavy (non-hydrogen) atoms. The van der Waals surface area contributed by atoms with Gasteiger partial charge in [-0.25, -0.2) is 0 Å². The molecule has 0 fully saturated rings. The van der Waals surface area contributed by atoms with Crippen LogP contribution in [0.5, 0.6) is 0 Å². The van der Waals surface area contributed by atoms with Gasteiger partial charge in [-0.15, -0.1) is 11.3 Å². The van der Waals surface area contributed by atoms with Crippen molar-refractivity contribution in [2.45, 2.75) is 26.8 Å². The van der Waals surface area contributed by atoms with Gasteiger partial charge in [0.1, 0.15) is 0 Å². The number of hydrogen-bond acceptors (Lipinski definition) is 2. The maximum atomic E-state index is 10.7. The summed E-state index contributed by atoms with van der Waals surface area (Å²) in [5.74, 6) is 0.0218. The Hall–Kier alpha value is -0.830. The van der Waals surface area contributed by atoms with Crippen LogP contribution in [0.25, 0.3) is 0 Å². The molecule has 0 aliphatic carbocycles. The lowest BCUT2D eigenvalue weighted by Gasteiger charge is -2.09. The minimum Gasteiger partial charge on any atom is -0.349 e. The van der Waals surface area contributed by atoms with Crippen LogP contribution in [-0.4, -0.2) is 5.91 Å². The number of amides is 1. The highest BCUT2D eigenvalue weighted by Gasteiger charge is 2.07. The molecule has 1 aromatic heterocycles. The van der Waals surface area contributed by atoms with Crippen LogP contribution < -0.4 is 5.32 Å². The average Bonchev–Trinajstić information content (AvgIpc) is 2.34. The number of aryl methyl sites for hydroxylation is 1. The molecule has 1 N–H and O–H groups in total. The van der Waals surface area contributed by atoms with Gasteiger partial charge in [0.2, 0.25) is 5.91 Å². The van der Waals surface area contributed by atoms with E-state index in [4.69, 9.17) is 0 Å². The molecule has 0 bridgehead atoms. The summed E-state index contributed by atoms with van der Waals surface area (Å²) < 4.78 is 0. The Kier molecular flexibility index (Phi) is 2.87. The molecule has 1 amide bonds. The number of carbonyl (C=O) groups excluding carboxylic acids is 1. The molecular weight excluding hydrogens is 170 g/mol. The Morgan fingerprint density at radius 3 is 2.67 bits per heavy atom. The van der Waals surface area contributed by atoms with Gasteiger partial charge in [0.05, 0.1) is 6.04 Å². The molecule has 1 aromatic rings. The molecule has 0 radical (unpaired) electrons. The minimum absolute atomic E-state index is 0.0218. The van der Waals surface area contributed by atoms with Crippen LogP contribution in [0.1, 0.15) is 29.6 Å². The smallest absolute Gasteiger partial charge is 0.217 e. The number of nitrogens with one attached hydrogen (secondary N) is 1. The third kappa shape index (κ3) is 2.34. The van der Waals surface area contributed by atoms with E-state index in [0.29, 0.717) is 0 Å². The van der Waals surface area contributed by atoms with E-state index >= 15 is 0 Å². The zero-order chi connectivity index (χ0) is 9.14. The van der Waals surface area contributed by atoms with Gasteiger partial charge < -0.3 is 5.32 Å². The van der Waals surface area contributed by atoms with Crippen molar-refractivity contribution in [1.82, 2.24) is 5.32 Å². The van der Waals surface area contributed by atoms with Crippen molar-refractivity contribution in [3.8, 4) is 0 Å². The van der Waals surface area contributed by atoms with Gasteiger partial charge >= 0.3 is 0 Å². The Bertz CT molecular complexity index is 280. The van der Waals surface area contributed by atoms with Crippen LogP contribution in [0, 0.1) is 6.92 Å². The SMILES string of the molecule is CC(=O)NC(C)c1ccc(C)s1. The van der Waals surface area contributed by atoms with Gasteiger partial charge in [0, 0.05) is 16.7 Å². The maximum absolute atomic E-state index is 10.7. The molecule has 0 aromatic carbocycles. The molecule has 1 heterocycles. The number of hydrogen-bond donors (Lipinski definition) is 1. The molecule has 2 nitrogen and oxygen atoms in total. The van der Waals surface area contributed by atoms with E-state index in [1.54, 1.807) is 11.3 Å². The Balaban J connectivity index is 2.64. The Morgan fingerprint density at radius 1 is 1.58 bits per heavy atom. The summed E-state index contributed by atoms with van der Waals surface area (Å²) >= 11 is 1.72. The van der Waals surface area contributed by atoms with Crippen LogP contribution in [0.15, 0.2) is 12.1 Å². The van der Waals surface area contributed by atoms with Gasteiger partial charge in [0.15, 0.2) is 0 Å². The van der Waals surface area contributed by atoms with E-state index in [9.17, 15) is 4.79 Å². The molecular formula is C9H13NOS. The highest BCUT2D eigenvalue weighted by Crippen LogP contribution is 2.21. The first-order valence-corrected chi connectivity index (χ1v) is 4.74. The summed E-state index contributed by atoms with van der Waals surface area (Å²) in [5, 5.41) is 2.84. The van der Waals surface area contributed by atoms with E-state index in [0.717, 1.165) is 0 Å². The highest BCUT2D eigenvalue weighted by molar-refractivity contribution is 7.12. The van der Waals surface area contributed by atoms with E-state index in [1.807, 2.05) is 6.92 Å². The molecule has 0 aliphatic heterocycles. The van der Waals surface area contributed by atoms with Crippen molar-refractivity contribution < 1.29 is 4.79 Å². The highest BCUT2D eigenvalue weighted by atomic mass is 32.1. The summed E-state index contributed by atoms with van der Waals surface area (Å²) in [6.45, 7) is 5.60. The molecule has 1 rings (SSSR count). The predicted molar refractivity (Wildman–Crippen MR) is 51.3 cm³/mol. The standard InChI is InChI=1S/C9H13NOS/c1-6-4-5-9(12-6)7(2)10-8(3)11/h4-5,7H,1-3H3,(H,10,11). The lowest BCUT2D eigenvalue weighted by molar-refractivity contribution is -0.119. The summed E-state index contributed by atoms with van der Waals surface area (Å²) in [6.07, 6.45) is 0. The fourth-order valence-electron chi connectivity index (χ4n) is 1.06. The summed E-state index contributed by atoms with van der Waals surface area (Å²) in [5.41, 5.74) is 0. The van der Waals surface area contributed by atoms with Crippen molar-refractivity contribution in [3.05, 3.63) is 21.9 Å². The molecule has 1 unspecified atom stereocenters. The molecule has 3 heteroatoms. The fraction of sp³-hybridized carbons (Fsp3) is 0.444. The van der Waals surface area contributed by atoms with Crippen LogP contribution >= 0.6 is 11.3 Å². The largest absolute Gasteiger partial charge is 0.349 e. The lowest BCUT2D eigenvalue weighted by atomic mass is 10.3. The molecule has 0 aliphatic rings. The topological polar surface area (TPSA) is 29.1 Å². The number of carbonyl (C=O) groups is 1. The fourth-order valence-corrected chi connectivity index (χ4v) is 1.94. The van der Waals surface area contributed by atoms with Crippen LogP contribution in [0.2, 0.25) is 0 Å². The first kappa shape index (κ1) is 9.26. The molecule has 1 atom stereocenters. The minimum atomic E-state index is 0.0218. The van der Waals surface area contributed by atoms with Gasteiger partial charge in [-0.3, -0.25) is 4.79 Å². The van der Waals surface area contributed by atoms with Crippen molar-refractivity contribution in [3.63, 3.8) is 0 Å². The third-order valence-corrected chi connectivity index (χ3v) is 2.79. The van der Waals surface area contributed by atoms with Crippen molar-refractivity contribution in [2.24, 2.45) is 0 Å². The second-order valence-electron chi connectivity index (χ2n) is 2.87. The summed E-state index contributed by atoms with van der Waals surface area (Å²) in [7, 11) is 0. The van der Waals surface area contributed by atoms with Crippen molar-refractivity contribution in [1.29, 1.82) is 0 Å². The first-order chi connectivity index (χ1) is 5.59. The predicted octanol–water partition coefficient (Wildman–Crippen LogP) is 2.25. The Labute approximate surface area is 76.6 Å². The molecule has 0 saturated heterocycles. The van der Waals surface area contributed by atoms with Gasteiger partial charge in [-0.05, 0) is 26.0 Å². The monoisotopic (exact) mass is 183 g/mol. The number of thiophene rings is 1. The second-order valence-corrected chi connectivity index (χ2v) is 4.19. The lowest BCUT2D eigenvalue weighted by Crippen LogP contribution is -2.22. The average molecular weight is 183 g/mol. The van der Waals surface area contributed by atoms with Crippen LogP contribution in [-0.2, 0) is 4.79 Å². The summed E-state index contributed by atoms with van der Waals surface area (Å²) in [6, 6.07) is 4.26.